The quantitative estimate of drug-likeness (QED) is 0.306. The van der Waals surface area contributed by atoms with Crippen LogP contribution in [0.2, 0.25) is 0 Å². The van der Waals surface area contributed by atoms with Crippen LogP contribution in [0.1, 0.15) is 51.9 Å². The van der Waals surface area contributed by atoms with Crippen molar-refractivity contribution >= 4 is 36.3 Å². The summed E-state index contributed by atoms with van der Waals surface area (Å²) in [7, 11) is -1.59. The minimum absolute atomic E-state index is 0.248. The van der Waals surface area contributed by atoms with Gasteiger partial charge in [0.05, 0.1) is 0 Å². The van der Waals surface area contributed by atoms with Crippen molar-refractivity contribution in [3.8, 4) is 0 Å². The molecule has 0 aliphatic carbocycles. The molecule has 0 heterocycles. The van der Waals surface area contributed by atoms with E-state index in [0.717, 1.165) is 33.5 Å². The maximum absolute atomic E-state index is 11.9. The fourth-order valence-electron chi connectivity index (χ4n) is 1.67. The number of carbonyl (C=O) groups excluding carboxylic acids is 1. The van der Waals surface area contributed by atoms with Crippen molar-refractivity contribution in [1.82, 2.24) is 0 Å². The molecule has 0 N–H and O–H groups in total. The van der Waals surface area contributed by atoms with Gasteiger partial charge in [0.15, 0.2) is 4.33 Å². The van der Waals surface area contributed by atoms with Crippen molar-refractivity contribution in [2.24, 2.45) is 0 Å². The summed E-state index contributed by atoms with van der Waals surface area (Å²) in [6, 6.07) is 0. The summed E-state index contributed by atoms with van der Waals surface area (Å²) in [6.45, 7) is 2.15. The van der Waals surface area contributed by atoms with Crippen LogP contribution < -0.4 is 0 Å². The molecule has 0 fully saturated rings. The number of hydrogen-bond acceptors (Lipinski definition) is 4. The molecule has 0 amide bonds. The Bertz CT molecular complexity index is 313. The molecule has 0 radical (unpaired) electrons. The molecule has 19 heavy (non-hydrogen) atoms. The van der Waals surface area contributed by atoms with Gasteiger partial charge in [-0.1, -0.05) is 62.2 Å². The van der Waals surface area contributed by atoms with Crippen LogP contribution in [-0.2, 0) is 18.4 Å². The smallest absolute Gasteiger partial charge is 0.306 e. The molecular formula is C12H23Cl2O4P. The number of carbonyl (C=O) groups is 1. The molecule has 0 aliphatic rings. The largest absolute Gasteiger partial charge is 0.399 e. The molecule has 0 rings (SSSR count). The third kappa shape index (κ3) is 6.59. The lowest BCUT2D eigenvalue weighted by Gasteiger charge is -2.21. The van der Waals surface area contributed by atoms with Gasteiger partial charge in [0.2, 0.25) is 0 Å². The summed E-state index contributed by atoms with van der Waals surface area (Å²) in [5.41, 5.74) is -0.887. The van der Waals surface area contributed by atoms with Gasteiger partial charge in [-0.3, -0.25) is 9.36 Å². The molecule has 0 spiro atoms. The van der Waals surface area contributed by atoms with Crippen LogP contribution in [0.15, 0.2) is 0 Å². The van der Waals surface area contributed by atoms with Gasteiger partial charge in [-0.15, -0.1) is 0 Å². The molecule has 7 heteroatoms. The fraction of sp³-hybridized carbons (Fsp3) is 0.917. The lowest BCUT2D eigenvalue weighted by Crippen LogP contribution is -2.27. The van der Waals surface area contributed by atoms with Crippen molar-refractivity contribution in [2.45, 2.75) is 56.2 Å². The molecule has 0 aliphatic heterocycles. The second-order valence-electron chi connectivity index (χ2n) is 4.39. The molecule has 114 valence electrons. The van der Waals surface area contributed by atoms with Crippen LogP contribution in [0.4, 0.5) is 0 Å². The van der Waals surface area contributed by atoms with Crippen LogP contribution in [0.5, 0.6) is 0 Å². The Kier molecular flexibility index (Phi) is 9.55. The summed E-state index contributed by atoms with van der Waals surface area (Å²) in [4.78, 5) is 11.9. The topological polar surface area (TPSA) is 52.6 Å². The highest BCUT2D eigenvalue weighted by atomic mass is 35.5. The Balaban J connectivity index is 4.23. The van der Waals surface area contributed by atoms with Gasteiger partial charge in [-0.2, -0.15) is 0 Å². The molecule has 0 bridgehead atoms. The van der Waals surface area contributed by atoms with Gasteiger partial charge in [0.25, 0.3) is 5.52 Å². The standard InChI is InChI=1S/C12H23Cl2O4P/c1-4-5-6-7-8-9-10-12(13,14)11(15)19(16,17-2)18-3/h4-10H2,1-3H3. The average Bonchev–Trinajstić information content (AvgIpc) is 2.40. The minimum atomic E-state index is -3.86. The molecule has 0 saturated heterocycles. The number of hydrogen-bond donors (Lipinski definition) is 0. The number of rotatable bonds is 11. The zero-order chi connectivity index (χ0) is 14.9. The number of alkyl halides is 2. The normalized spacial score (nSPS) is 12.7. The monoisotopic (exact) mass is 332 g/mol. The maximum atomic E-state index is 11.9. The van der Waals surface area contributed by atoms with Crippen molar-refractivity contribution in [3.63, 3.8) is 0 Å². The lowest BCUT2D eigenvalue weighted by atomic mass is 10.1. The van der Waals surface area contributed by atoms with E-state index in [4.69, 9.17) is 23.2 Å². The highest BCUT2D eigenvalue weighted by molar-refractivity contribution is 7.72. The molecule has 0 aromatic carbocycles. The first-order valence-corrected chi connectivity index (χ1v) is 8.78. The van der Waals surface area contributed by atoms with Gasteiger partial charge in [-0.25, -0.2) is 0 Å². The van der Waals surface area contributed by atoms with Crippen LogP contribution >= 0.6 is 30.8 Å². The Morgan fingerprint density at radius 2 is 1.53 bits per heavy atom. The second kappa shape index (κ2) is 9.36. The van der Waals surface area contributed by atoms with E-state index in [2.05, 4.69) is 16.0 Å². The van der Waals surface area contributed by atoms with Crippen LogP contribution in [0.25, 0.3) is 0 Å². The molecule has 0 saturated carbocycles. The van der Waals surface area contributed by atoms with Crippen LogP contribution in [0.3, 0.4) is 0 Å². The summed E-state index contributed by atoms with van der Waals surface area (Å²) in [5.74, 6) is 0. The Morgan fingerprint density at radius 3 is 2.00 bits per heavy atom. The number of halogens is 2. The molecule has 0 aromatic rings. The molecule has 4 nitrogen and oxygen atoms in total. The summed E-state index contributed by atoms with van der Waals surface area (Å²) in [5, 5.41) is 0. The van der Waals surface area contributed by atoms with E-state index < -0.39 is 17.5 Å². The van der Waals surface area contributed by atoms with Crippen molar-refractivity contribution in [3.05, 3.63) is 0 Å². The van der Waals surface area contributed by atoms with E-state index >= 15 is 0 Å². The van der Waals surface area contributed by atoms with Crippen LogP contribution in [-0.4, -0.2) is 24.1 Å². The van der Waals surface area contributed by atoms with Gasteiger partial charge in [0.1, 0.15) is 0 Å². The fourth-order valence-corrected chi connectivity index (χ4v) is 3.56. The van der Waals surface area contributed by atoms with Gasteiger partial charge in [-0.05, 0) is 12.8 Å². The first kappa shape index (κ1) is 19.4. The summed E-state index contributed by atoms with van der Waals surface area (Å²) < 4.78 is 19.4. The summed E-state index contributed by atoms with van der Waals surface area (Å²) >= 11 is 11.9. The van der Waals surface area contributed by atoms with E-state index in [9.17, 15) is 9.36 Å². The summed E-state index contributed by atoms with van der Waals surface area (Å²) in [6.07, 6.45) is 6.52. The molecule has 0 atom stereocenters. The second-order valence-corrected chi connectivity index (χ2v) is 8.01. The zero-order valence-corrected chi connectivity index (χ0v) is 14.2. The third-order valence-electron chi connectivity index (χ3n) is 2.89. The van der Waals surface area contributed by atoms with Crippen LogP contribution in [0, 0.1) is 0 Å². The van der Waals surface area contributed by atoms with Crippen molar-refractivity contribution in [2.75, 3.05) is 14.2 Å². The number of unbranched alkanes of at least 4 members (excludes halogenated alkanes) is 5. The van der Waals surface area contributed by atoms with Crippen molar-refractivity contribution < 1.29 is 18.4 Å². The van der Waals surface area contributed by atoms with E-state index in [1.807, 2.05) is 0 Å². The zero-order valence-electron chi connectivity index (χ0n) is 11.8. The predicted octanol–water partition coefficient (Wildman–Crippen LogP) is 4.92. The van der Waals surface area contributed by atoms with Crippen molar-refractivity contribution in [1.29, 1.82) is 0 Å². The van der Waals surface area contributed by atoms with Gasteiger partial charge in [0, 0.05) is 14.2 Å². The van der Waals surface area contributed by atoms with Gasteiger partial charge < -0.3 is 9.05 Å². The minimum Gasteiger partial charge on any atom is -0.306 e. The molecule has 0 aromatic heterocycles. The SMILES string of the molecule is CCCCCCCCC(Cl)(Cl)C(=O)P(=O)(OC)OC. The highest BCUT2D eigenvalue weighted by Gasteiger charge is 2.47. The predicted molar refractivity (Wildman–Crippen MR) is 79.1 cm³/mol. The Morgan fingerprint density at radius 1 is 1.05 bits per heavy atom. The third-order valence-corrected chi connectivity index (χ3v) is 5.71. The first-order chi connectivity index (χ1) is 8.84. The Labute approximate surface area is 125 Å². The average molecular weight is 333 g/mol. The Hall–Kier alpha value is 0.400. The molecular weight excluding hydrogens is 310 g/mol. The van der Waals surface area contributed by atoms with Gasteiger partial charge >= 0.3 is 7.60 Å². The lowest BCUT2D eigenvalue weighted by molar-refractivity contribution is -0.114. The molecule has 0 unspecified atom stereocenters. The highest BCUT2D eigenvalue weighted by Crippen LogP contribution is 2.54. The maximum Gasteiger partial charge on any atom is 0.399 e. The van der Waals surface area contributed by atoms with E-state index in [-0.39, 0.29) is 6.42 Å². The van der Waals surface area contributed by atoms with E-state index in [1.54, 1.807) is 0 Å². The van der Waals surface area contributed by atoms with E-state index in [1.165, 1.54) is 12.8 Å². The first-order valence-electron chi connectivity index (χ1n) is 6.48. The van der Waals surface area contributed by atoms with E-state index in [0.29, 0.717) is 6.42 Å².